The second-order valence-corrected chi connectivity index (χ2v) is 2.94. The molecular formula is C10H6O4. The Balaban J connectivity index is 2.55. The van der Waals surface area contributed by atoms with E-state index in [0.29, 0.717) is 11.1 Å². The van der Waals surface area contributed by atoms with Gasteiger partial charge in [0.1, 0.15) is 0 Å². The molecule has 70 valence electrons. The number of carbonyl (C=O) groups is 2. The smallest absolute Gasteiger partial charge is 0.336 e. The van der Waals surface area contributed by atoms with Crippen molar-refractivity contribution in [3.05, 3.63) is 46.6 Å². The van der Waals surface area contributed by atoms with Crippen LogP contribution < -0.4 is 0 Å². The Kier molecular flexibility index (Phi) is 1.64. The molecule has 0 bridgehead atoms. The van der Waals surface area contributed by atoms with E-state index in [1.807, 2.05) is 0 Å². The van der Waals surface area contributed by atoms with Crippen LogP contribution in [0.25, 0.3) is 0 Å². The molecule has 2 rings (SSSR count). The standard InChI is InChI=1S/C10H6O4/c11-9(12)7-4-8(10(13)14)6-3-1-2-5(6)7/h1-4H,(H,11,12)(H,13,14). The molecular weight excluding hydrogens is 184 g/mol. The third-order valence-corrected chi connectivity index (χ3v) is 2.15. The van der Waals surface area contributed by atoms with E-state index in [9.17, 15) is 9.59 Å². The van der Waals surface area contributed by atoms with Gasteiger partial charge in [0.25, 0.3) is 0 Å². The molecule has 0 unspecified atom stereocenters. The highest BCUT2D eigenvalue weighted by Gasteiger charge is 2.29. The van der Waals surface area contributed by atoms with Crippen LogP contribution in [0.15, 0.2) is 46.6 Å². The number of allylic oxidation sites excluding steroid dienone is 4. The lowest BCUT2D eigenvalue weighted by atomic mass is 10.1. The first-order chi connectivity index (χ1) is 6.61. The molecule has 2 N–H and O–H groups in total. The van der Waals surface area contributed by atoms with Crippen LogP contribution in [0.4, 0.5) is 0 Å². The minimum Gasteiger partial charge on any atom is -0.478 e. The molecule has 0 fully saturated rings. The molecule has 0 aromatic heterocycles. The third-order valence-electron chi connectivity index (χ3n) is 2.15. The third kappa shape index (κ3) is 1.01. The van der Waals surface area contributed by atoms with E-state index in [4.69, 9.17) is 10.2 Å². The van der Waals surface area contributed by atoms with Gasteiger partial charge >= 0.3 is 11.9 Å². The lowest BCUT2D eigenvalue weighted by Gasteiger charge is -1.97. The van der Waals surface area contributed by atoms with Crippen molar-refractivity contribution < 1.29 is 19.8 Å². The first-order valence-electron chi connectivity index (χ1n) is 3.93. The van der Waals surface area contributed by atoms with Gasteiger partial charge in [-0.05, 0) is 17.2 Å². The zero-order chi connectivity index (χ0) is 10.3. The zero-order valence-electron chi connectivity index (χ0n) is 7.02. The van der Waals surface area contributed by atoms with Gasteiger partial charge in [-0.3, -0.25) is 0 Å². The van der Waals surface area contributed by atoms with Crippen LogP contribution in [0.5, 0.6) is 0 Å². The van der Waals surface area contributed by atoms with Gasteiger partial charge in [0.05, 0.1) is 11.1 Å². The van der Waals surface area contributed by atoms with E-state index in [2.05, 4.69) is 0 Å². The minimum atomic E-state index is -1.10. The molecule has 0 saturated heterocycles. The van der Waals surface area contributed by atoms with Crippen molar-refractivity contribution in [2.24, 2.45) is 0 Å². The molecule has 4 nitrogen and oxygen atoms in total. The number of fused-ring (bicyclic) bond motifs is 1. The SMILES string of the molecule is O=C(O)C1=CC(C(=O)O)=C2C=CC=C12. The van der Waals surface area contributed by atoms with Crippen LogP contribution in [-0.2, 0) is 9.59 Å². The summed E-state index contributed by atoms with van der Waals surface area (Å²) >= 11 is 0. The van der Waals surface area contributed by atoms with Crippen molar-refractivity contribution in [3.63, 3.8) is 0 Å². The van der Waals surface area contributed by atoms with Gasteiger partial charge in [0.15, 0.2) is 0 Å². The molecule has 4 heteroatoms. The lowest BCUT2D eigenvalue weighted by Crippen LogP contribution is -2.00. The van der Waals surface area contributed by atoms with Crippen molar-refractivity contribution in [2.75, 3.05) is 0 Å². The summed E-state index contributed by atoms with van der Waals surface area (Å²) in [6.45, 7) is 0. The maximum atomic E-state index is 10.8. The molecule has 0 atom stereocenters. The normalized spacial score (nSPS) is 18.0. The first kappa shape index (κ1) is 8.50. The quantitative estimate of drug-likeness (QED) is 0.678. The highest BCUT2D eigenvalue weighted by molar-refractivity contribution is 6.05. The Bertz CT molecular complexity index is 461. The summed E-state index contributed by atoms with van der Waals surface area (Å²) in [6, 6.07) is 0. The predicted octanol–water partition coefficient (Wildman–Crippen LogP) is 0.888. The largest absolute Gasteiger partial charge is 0.478 e. The van der Waals surface area contributed by atoms with Gasteiger partial charge in [-0.15, -0.1) is 0 Å². The Morgan fingerprint density at radius 3 is 2.43 bits per heavy atom. The van der Waals surface area contributed by atoms with Crippen molar-refractivity contribution in [1.29, 1.82) is 0 Å². The zero-order valence-corrected chi connectivity index (χ0v) is 7.02. The van der Waals surface area contributed by atoms with Crippen LogP contribution in [0.1, 0.15) is 0 Å². The number of carboxylic acid groups (broad SMARTS) is 2. The highest BCUT2D eigenvalue weighted by Crippen LogP contribution is 2.35. The van der Waals surface area contributed by atoms with E-state index in [1.165, 1.54) is 6.08 Å². The molecule has 0 aromatic rings. The fraction of sp³-hybridized carbons (Fsp3) is 0. The van der Waals surface area contributed by atoms with Crippen LogP contribution in [0.2, 0.25) is 0 Å². The van der Waals surface area contributed by atoms with Crippen molar-refractivity contribution in [1.82, 2.24) is 0 Å². The summed E-state index contributed by atoms with van der Waals surface area (Å²) in [5.41, 5.74) is 1.05. The monoisotopic (exact) mass is 190 g/mol. The summed E-state index contributed by atoms with van der Waals surface area (Å²) in [5, 5.41) is 17.6. The van der Waals surface area contributed by atoms with Gasteiger partial charge in [-0.2, -0.15) is 0 Å². The number of hydrogen-bond donors (Lipinski definition) is 2. The molecule has 0 saturated carbocycles. The Hall–Kier alpha value is -2.10. The summed E-state index contributed by atoms with van der Waals surface area (Å²) in [5.74, 6) is -2.21. The second kappa shape index (κ2) is 2.70. The van der Waals surface area contributed by atoms with E-state index >= 15 is 0 Å². The van der Waals surface area contributed by atoms with Gasteiger partial charge in [0.2, 0.25) is 0 Å². The van der Waals surface area contributed by atoms with Crippen molar-refractivity contribution in [2.45, 2.75) is 0 Å². The van der Waals surface area contributed by atoms with E-state index < -0.39 is 11.9 Å². The average Bonchev–Trinajstić information content (AvgIpc) is 2.59. The molecule has 0 heterocycles. The molecule has 2 aliphatic carbocycles. The number of rotatable bonds is 2. The predicted molar refractivity (Wildman–Crippen MR) is 47.6 cm³/mol. The van der Waals surface area contributed by atoms with Crippen LogP contribution in [-0.4, -0.2) is 22.2 Å². The second-order valence-electron chi connectivity index (χ2n) is 2.94. The summed E-state index contributed by atoms with van der Waals surface area (Å²) in [4.78, 5) is 21.5. The molecule has 0 aliphatic heterocycles. The average molecular weight is 190 g/mol. The molecule has 0 spiro atoms. The van der Waals surface area contributed by atoms with Crippen molar-refractivity contribution in [3.8, 4) is 0 Å². The molecule has 0 radical (unpaired) electrons. The van der Waals surface area contributed by atoms with Gasteiger partial charge in [-0.25, -0.2) is 9.59 Å². The van der Waals surface area contributed by atoms with Gasteiger partial charge < -0.3 is 10.2 Å². The maximum Gasteiger partial charge on any atom is 0.336 e. The van der Waals surface area contributed by atoms with Crippen LogP contribution >= 0.6 is 0 Å². The lowest BCUT2D eigenvalue weighted by molar-refractivity contribution is -0.132. The number of aliphatic carboxylic acids is 2. The van der Waals surface area contributed by atoms with Gasteiger partial charge in [-0.1, -0.05) is 18.2 Å². The highest BCUT2D eigenvalue weighted by atomic mass is 16.4. The fourth-order valence-electron chi connectivity index (χ4n) is 1.54. The van der Waals surface area contributed by atoms with E-state index in [-0.39, 0.29) is 11.1 Å². The Morgan fingerprint density at radius 2 is 1.86 bits per heavy atom. The van der Waals surface area contributed by atoms with Gasteiger partial charge in [0, 0.05) is 0 Å². The number of carboxylic acids is 2. The summed E-state index contributed by atoms with van der Waals surface area (Å²) < 4.78 is 0. The Morgan fingerprint density at radius 1 is 1.14 bits per heavy atom. The summed E-state index contributed by atoms with van der Waals surface area (Å²) in [7, 11) is 0. The fourth-order valence-corrected chi connectivity index (χ4v) is 1.54. The van der Waals surface area contributed by atoms with Crippen LogP contribution in [0, 0.1) is 0 Å². The topological polar surface area (TPSA) is 74.6 Å². The van der Waals surface area contributed by atoms with E-state index in [0.717, 1.165) is 0 Å². The van der Waals surface area contributed by atoms with Crippen molar-refractivity contribution >= 4 is 11.9 Å². The molecule has 14 heavy (non-hydrogen) atoms. The number of hydrogen-bond acceptors (Lipinski definition) is 2. The minimum absolute atomic E-state index is 0.0439. The molecule has 2 aliphatic rings. The van der Waals surface area contributed by atoms with Crippen LogP contribution in [0.3, 0.4) is 0 Å². The molecule has 0 amide bonds. The Labute approximate surface area is 79.2 Å². The summed E-state index contributed by atoms with van der Waals surface area (Å²) in [6.07, 6.45) is 6.04. The van der Waals surface area contributed by atoms with E-state index in [1.54, 1.807) is 18.2 Å². The molecule has 0 aromatic carbocycles. The maximum absolute atomic E-state index is 10.8. The first-order valence-corrected chi connectivity index (χ1v) is 3.93.